The number of anilines is 1. The largest absolute Gasteiger partial charge is 0.379 e. The van der Waals surface area contributed by atoms with Crippen LogP contribution in [-0.2, 0) is 0 Å². The zero-order valence-electron chi connectivity index (χ0n) is 9.47. The topological polar surface area (TPSA) is 24.9 Å². The molecule has 1 N–H and O–H groups in total. The molecule has 0 amide bonds. The first kappa shape index (κ1) is 10.7. The summed E-state index contributed by atoms with van der Waals surface area (Å²) in [6.45, 7) is 6.58. The number of aryl methyl sites for hydroxylation is 1. The molecule has 0 bridgehead atoms. The van der Waals surface area contributed by atoms with Gasteiger partial charge in [-0.3, -0.25) is 0 Å². The van der Waals surface area contributed by atoms with Crippen LogP contribution in [0.25, 0.3) is 0 Å². The molecule has 2 rings (SSSR count). The van der Waals surface area contributed by atoms with E-state index >= 15 is 0 Å². The molecule has 82 valence electrons. The van der Waals surface area contributed by atoms with Crippen LogP contribution in [0.15, 0.2) is 12.3 Å². The third kappa shape index (κ3) is 2.10. The lowest BCUT2D eigenvalue weighted by Gasteiger charge is -2.23. The first-order chi connectivity index (χ1) is 7.03. The molecule has 1 fully saturated rings. The van der Waals surface area contributed by atoms with Gasteiger partial charge in [0.2, 0.25) is 0 Å². The summed E-state index contributed by atoms with van der Waals surface area (Å²) in [6.07, 6.45) is 4.35. The molecule has 0 aliphatic heterocycles. The monoisotopic (exact) mass is 224 g/mol. The van der Waals surface area contributed by atoms with Crippen LogP contribution in [-0.4, -0.2) is 11.0 Å². The molecule has 0 aromatic carbocycles. The molecule has 1 atom stereocenters. The predicted octanol–water partition coefficient (Wildman–Crippen LogP) is 3.64. The average Bonchev–Trinajstić information content (AvgIpc) is 2.91. The molecule has 3 heteroatoms. The second kappa shape index (κ2) is 3.67. The molecule has 1 aliphatic rings. The Hall–Kier alpha value is -0.760. The van der Waals surface area contributed by atoms with Gasteiger partial charge in [0.1, 0.15) is 0 Å². The summed E-state index contributed by atoms with van der Waals surface area (Å²) in [5.74, 6) is 0. The Morgan fingerprint density at radius 1 is 1.53 bits per heavy atom. The number of rotatable bonds is 3. The van der Waals surface area contributed by atoms with Crippen molar-refractivity contribution in [2.75, 3.05) is 5.32 Å². The van der Waals surface area contributed by atoms with Crippen molar-refractivity contribution in [2.45, 2.75) is 39.7 Å². The van der Waals surface area contributed by atoms with Crippen LogP contribution in [0.1, 0.15) is 32.3 Å². The van der Waals surface area contributed by atoms with Gasteiger partial charge in [-0.25, -0.2) is 4.98 Å². The van der Waals surface area contributed by atoms with E-state index in [2.05, 4.69) is 31.1 Å². The molecular formula is C12H17ClN2. The van der Waals surface area contributed by atoms with Crippen LogP contribution < -0.4 is 5.32 Å². The highest BCUT2D eigenvalue weighted by Gasteiger charge is 2.42. The van der Waals surface area contributed by atoms with Crippen molar-refractivity contribution in [3.8, 4) is 0 Å². The number of pyridine rings is 1. The van der Waals surface area contributed by atoms with Gasteiger partial charge in [-0.15, -0.1) is 0 Å². The van der Waals surface area contributed by atoms with Crippen molar-refractivity contribution >= 4 is 17.3 Å². The van der Waals surface area contributed by atoms with Crippen LogP contribution in [0, 0.1) is 12.3 Å². The maximum Gasteiger partial charge on any atom is 0.152 e. The molecular weight excluding hydrogens is 208 g/mol. The minimum absolute atomic E-state index is 0.450. The Bertz CT molecular complexity index is 352. The van der Waals surface area contributed by atoms with E-state index in [1.54, 1.807) is 6.20 Å². The third-order valence-corrected chi connectivity index (χ3v) is 3.84. The highest BCUT2D eigenvalue weighted by Crippen LogP contribution is 2.49. The third-order valence-electron chi connectivity index (χ3n) is 3.56. The van der Waals surface area contributed by atoms with Gasteiger partial charge < -0.3 is 5.32 Å². The lowest BCUT2D eigenvalue weighted by molar-refractivity contribution is 0.493. The van der Waals surface area contributed by atoms with E-state index < -0.39 is 0 Å². The maximum atomic E-state index is 6.07. The Morgan fingerprint density at radius 2 is 2.20 bits per heavy atom. The van der Waals surface area contributed by atoms with E-state index in [1.807, 2.05) is 6.07 Å². The van der Waals surface area contributed by atoms with Crippen molar-refractivity contribution < 1.29 is 0 Å². The fourth-order valence-corrected chi connectivity index (χ4v) is 1.98. The zero-order valence-corrected chi connectivity index (χ0v) is 10.2. The Kier molecular flexibility index (Phi) is 2.63. The number of hydrogen-bond acceptors (Lipinski definition) is 2. The highest BCUT2D eigenvalue weighted by molar-refractivity contribution is 6.32. The predicted molar refractivity (Wildman–Crippen MR) is 64.4 cm³/mol. The number of nitrogens with one attached hydrogen (secondary N) is 1. The number of hydrogen-bond donors (Lipinski definition) is 1. The first-order valence-corrected chi connectivity index (χ1v) is 5.78. The van der Waals surface area contributed by atoms with E-state index in [4.69, 9.17) is 11.6 Å². The standard InChI is InChI=1S/C12H17ClN2/c1-8-4-7-14-11(13)10(8)15-9(2)12(3)5-6-12/h4,7,9,15H,5-6H2,1-3H3. The minimum atomic E-state index is 0.450. The minimum Gasteiger partial charge on any atom is -0.379 e. The van der Waals surface area contributed by atoms with Crippen LogP contribution in [0.5, 0.6) is 0 Å². The van der Waals surface area contributed by atoms with Crippen molar-refractivity contribution in [3.63, 3.8) is 0 Å². The molecule has 0 radical (unpaired) electrons. The molecule has 1 unspecified atom stereocenters. The van der Waals surface area contributed by atoms with Gasteiger partial charge in [-0.1, -0.05) is 18.5 Å². The fraction of sp³-hybridized carbons (Fsp3) is 0.583. The van der Waals surface area contributed by atoms with Gasteiger partial charge in [0.25, 0.3) is 0 Å². The summed E-state index contributed by atoms with van der Waals surface area (Å²) in [6, 6.07) is 2.44. The Morgan fingerprint density at radius 3 is 2.73 bits per heavy atom. The van der Waals surface area contributed by atoms with Crippen LogP contribution >= 0.6 is 11.6 Å². The molecule has 0 spiro atoms. The average molecular weight is 225 g/mol. The van der Waals surface area contributed by atoms with Crippen LogP contribution in [0.4, 0.5) is 5.69 Å². The molecule has 15 heavy (non-hydrogen) atoms. The highest BCUT2D eigenvalue weighted by atomic mass is 35.5. The molecule has 1 aromatic heterocycles. The summed E-state index contributed by atoms with van der Waals surface area (Å²) in [7, 11) is 0. The van der Waals surface area contributed by atoms with E-state index in [1.165, 1.54) is 12.8 Å². The molecule has 2 nitrogen and oxygen atoms in total. The molecule has 0 saturated heterocycles. The van der Waals surface area contributed by atoms with Crippen molar-refractivity contribution in [2.24, 2.45) is 5.41 Å². The smallest absolute Gasteiger partial charge is 0.152 e. The summed E-state index contributed by atoms with van der Waals surface area (Å²) >= 11 is 6.07. The van der Waals surface area contributed by atoms with Crippen molar-refractivity contribution in [1.29, 1.82) is 0 Å². The quantitative estimate of drug-likeness (QED) is 0.793. The van der Waals surface area contributed by atoms with E-state index in [9.17, 15) is 0 Å². The number of halogens is 1. The van der Waals surface area contributed by atoms with Crippen molar-refractivity contribution in [1.82, 2.24) is 4.98 Å². The van der Waals surface area contributed by atoms with Crippen LogP contribution in [0.2, 0.25) is 5.15 Å². The lowest BCUT2D eigenvalue weighted by atomic mass is 10.0. The summed E-state index contributed by atoms with van der Waals surface area (Å²) < 4.78 is 0. The van der Waals surface area contributed by atoms with Gasteiger partial charge in [0.05, 0.1) is 5.69 Å². The summed E-state index contributed by atoms with van der Waals surface area (Å²) in [5.41, 5.74) is 2.59. The first-order valence-electron chi connectivity index (χ1n) is 5.40. The van der Waals surface area contributed by atoms with Gasteiger partial charge in [0.15, 0.2) is 5.15 Å². The molecule has 1 heterocycles. The van der Waals surface area contributed by atoms with Gasteiger partial charge in [0, 0.05) is 12.2 Å². The second-order valence-electron chi connectivity index (χ2n) is 4.81. The van der Waals surface area contributed by atoms with Gasteiger partial charge in [-0.2, -0.15) is 0 Å². The lowest BCUT2D eigenvalue weighted by Crippen LogP contribution is -2.25. The van der Waals surface area contributed by atoms with Gasteiger partial charge in [-0.05, 0) is 43.7 Å². The fourth-order valence-electron chi connectivity index (χ4n) is 1.72. The van der Waals surface area contributed by atoms with Gasteiger partial charge >= 0.3 is 0 Å². The van der Waals surface area contributed by atoms with E-state index in [-0.39, 0.29) is 0 Å². The molecule has 1 aliphatic carbocycles. The maximum absolute atomic E-state index is 6.07. The summed E-state index contributed by atoms with van der Waals surface area (Å²) in [4.78, 5) is 4.10. The number of nitrogens with zero attached hydrogens (tertiary/aromatic N) is 1. The normalized spacial score (nSPS) is 19.7. The van der Waals surface area contributed by atoms with Crippen LogP contribution in [0.3, 0.4) is 0 Å². The Balaban J connectivity index is 2.16. The Labute approximate surface area is 96.1 Å². The van der Waals surface area contributed by atoms with E-state index in [0.717, 1.165) is 11.3 Å². The van der Waals surface area contributed by atoms with Crippen molar-refractivity contribution in [3.05, 3.63) is 23.0 Å². The second-order valence-corrected chi connectivity index (χ2v) is 5.17. The summed E-state index contributed by atoms with van der Waals surface area (Å²) in [5, 5.41) is 4.06. The SMILES string of the molecule is Cc1ccnc(Cl)c1NC(C)C1(C)CC1. The number of aromatic nitrogens is 1. The molecule has 1 saturated carbocycles. The molecule has 1 aromatic rings. The van der Waals surface area contributed by atoms with E-state index in [0.29, 0.717) is 16.6 Å². The zero-order chi connectivity index (χ0) is 11.1.